The molecular weight excluding hydrogens is 193 g/mol. The van der Waals surface area contributed by atoms with Crippen LogP contribution in [0.15, 0.2) is 5.11 Å². The van der Waals surface area contributed by atoms with Crippen LogP contribution in [-0.4, -0.2) is 30.0 Å². The van der Waals surface area contributed by atoms with E-state index in [1.54, 1.807) is 0 Å². The van der Waals surface area contributed by atoms with Gasteiger partial charge in [0.2, 0.25) is 0 Å². The van der Waals surface area contributed by atoms with E-state index in [-0.39, 0.29) is 0 Å². The highest BCUT2D eigenvalue weighted by atomic mass is 19.4. The molecule has 0 aliphatic heterocycles. The molecule has 0 spiro atoms. The van der Waals surface area contributed by atoms with Crippen molar-refractivity contribution in [2.45, 2.75) is 12.2 Å². The first-order valence-electron chi connectivity index (χ1n) is 2.95. The Labute approximate surface area is 70.0 Å². The number of alkyl halides is 3. The fourth-order valence-electron chi connectivity index (χ4n) is 0.468. The van der Waals surface area contributed by atoms with Gasteiger partial charge in [-0.3, -0.25) is 0 Å². The topological polar surface area (TPSA) is 98.1 Å². The molecule has 6 nitrogen and oxygen atoms in total. The van der Waals surface area contributed by atoms with Crippen molar-refractivity contribution in [2.24, 2.45) is 5.11 Å². The molecule has 0 aromatic rings. The molecular formula is C4H5F3N4O2. The molecule has 0 aliphatic carbocycles. The lowest BCUT2D eigenvalue weighted by Crippen LogP contribution is -2.38. The number of carbonyl (C=O) groups is 1. The van der Waals surface area contributed by atoms with Crippen LogP contribution < -0.4 is 5.32 Å². The zero-order valence-corrected chi connectivity index (χ0v) is 6.12. The normalized spacial score (nSPS) is 12.8. The van der Waals surface area contributed by atoms with E-state index in [9.17, 15) is 18.0 Å². The summed E-state index contributed by atoms with van der Waals surface area (Å²) in [4.78, 5) is 11.8. The van der Waals surface area contributed by atoms with Crippen LogP contribution in [0.1, 0.15) is 0 Å². The van der Waals surface area contributed by atoms with Crippen LogP contribution in [0, 0.1) is 0 Å². The molecule has 0 fully saturated rings. The third-order valence-corrected chi connectivity index (χ3v) is 1.02. The first-order valence-corrected chi connectivity index (χ1v) is 2.95. The van der Waals surface area contributed by atoms with Gasteiger partial charge in [-0.1, -0.05) is 5.11 Å². The molecule has 2 N–H and O–H groups in total. The SMILES string of the molecule is [N-]=[N+]=NC(CNC(=O)O)C(F)(F)F. The van der Waals surface area contributed by atoms with Crippen LogP contribution >= 0.6 is 0 Å². The van der Waals surface area contributed by atoms with Crippen LogP contribution in [-0.2, 0) is 0 Å². The minimum absolute atomic E-state index is 0.983. The largest absolute Gasteiger partial charge is 0.465 e. The third-order valence-electron chi connectivity index (χ3n) is 1.02. The van der Waals surface area contributed by atoms with Crippen LogP contribution in [0.4, 0.5) is 18.0 Å². The molecule has 0 heterocycles. The van der Waals surface area contributed by atoms with Crippen LogP contribution in [0.25, 0.3) is 10.4 Å². The van der Waals surface area contributed by atoms with Gasteiger partial charge < -0.3 is 10.4 Å². The average molecular weight is 198 g/mol. The summed E-state index contributed by atoms with van der Waals surface area (Å²) >= 11 is 0. The van der Waals surface area contributed by atoms with Crippen LogP contribution in [0.5, 0.6) is 0 Å². The van der Waals surface area contributed by atoms with E-state index < -0.39 is 24.9 Å². The number of halogens is 3. The Morgan fingerprint density at radius 2 is 2.23 bits per heavy atom. The second kappa shape index (κ2) is 4.41. The molecule has 0 aliphatic rings. The third kappa shape index (κ3) is 4.75. The summed E-state index contributed by atoms with van der Waals surface area (Å²) in [6, 6.07) is -2.37. The van der Waals surface area contributed by atoms with Crippen molar-refractivity contribution in [1.82, 2.24) is 5.32 Å². The predicted molar refractivity (Wildman–Crippen MR) is 35.0 cm³/mol. The minimum atomic E-state index is -4.74. The van der Waals surface area contributed by atoms with Gasteiger partial charge in [0.05, 0.1) is 0 Å². The molecule has 13 heavy (non-hydrogen) atoms. The average Bonchev–Trinajstić information content (AvgIpc) is 1.95. The number of nitrogens with zero attached hydrogens (tertiary/aromatic N) is 3. The molecule has 1 unspecified atom stereocenters. The molecule has 9 heteroatoms. The van der Waals surface area contributed by atoms with Crippen molar-refractivity contribution in [3.8, 4) is 0 Å². The Morgan fingerprint density at radius 1 is 1.69 bits per heavy atom. The number of hydrogen-bond acceptors (Lipinski definition) is 2. The van der Waals surface area contributed by atoms with Gasteiger partial charge in [-0.15, -0.1) is 0 Å². The summed E-state index contributed by atoms with van der Waals surface area (Å²) in [6.07, 6.45) is -6.35. The molecule has 74 valence electrons. The first kappa shape index (κ1) is 11.4. The van der Waals surface area contributed by atoms with E-state index in [1.165, 1.54) is 5.32 Å². The van der Waals surface area contributed by atoms with Gasteiger partial charge in [0.25, 0.3) is 0 Å². The molecule has 0 aromatic carbocycles. The van der Waals surface area contributed by atoms with Gasteiger partial charge >= 0.3 is 12.3 Å². The number of nitrogens with one attached hydrogen (secondary N) is 1. The quantitative estimate of drug-likeness (QED) is 0.408. The highest BCUT2D eigenvalue weighted by Crippen LogP contribution is 2.22. The Morgan fingerprint density at radius 3 is 2.54 bits per heavy atom. The zero-order valence-electron chi connectivity index (χ0n) is 6.12. The highest BCUT2D eigenvalue weighted by Gasteiger charge is 2.39. The molecule has 0 saturated carbocycles. The van der Waals surface area contributed by atoms with Crippen molar-refractivity contribution >= 4 is 6.09 Å². The maximum Gasteiger partial charge on any atom is 0.404 e. The van der Waals surface area contributed by atoms with Gasteiger partial charge in [-0.05, 0) is 5.53 Å². The highest BCUT2D eigenvalue weighted by molar-refractivity contribution is 5.64. The second-order valence-electron chi connectivity index (χ2n) is 1.95. The van der Waals surface area contributed by atoms with E-state index in [2.05, 4.69) is 5.11 Å². The lowest BCUT2D eigenvalue weighted by molar-refractivity contribution is -0.145. The molecule has 1 amide bonds. The van der Waals surface area contributed by atoms with Crippen molar-refractivity contribution in [2.75, 3.05) is 6.54 Å². The lowest BCUT2D eigenvalue weighted by atomic mass is 10.3. The standard InChI is InChI=1S/C4H5F3N4O2/c5-4(6,7)2(10-11-8)1-9-3(12)13/h2,9H,1H2,(H,12,13). The minimum Gasteiger partial charge on any atom is -0.465 e. The zero-order chi connectivity index (χ0) is 10.5. The summed E-state index contributed by atoms with van der Waals surface area (Å²) in [5.41, 5.74) is 7.75. The fraction of sp³-hybridized carbons (Fsp3) is 0.750. The molecule has 0 rings (SSSR count). The summed E-state index contributed by atoms with van der Waals surface area (Å²) in [7, 11) is 0. The maximum absolute atomic E-state index is 11.9. The molecule has 0 saturated heterocycles. The summed E-state index contributed by atoms with van der Waals surface area (Å²) in [5.74, 6) is 0. The number of azide groups is 1. The Bertz CT molecular complexity index is 234. The Hall–Kier alpha value is -1.63. The predicted octanol–water partition coefficient (Wildman–Crippen LogP) is 1.50. The monoisotopic (exact) mass is 198 g/mol. The van der Waals surface area contributed by atoms with Gasteiger partial charge in [0.15, 0.2) is 6.04 Å². The van der Waals surface area contributed by atoms with E-state index in [4.69, 9.17) is 10.6 Å². The summed E-state index contributed by atoms with van der Waals surface area (Å²) < 4.78 is 35.6. The van der Waals surface area contributed by atoms with Crippen molar-refractivity contribution in [1.29, 1.82) is 0 Å². The first-order chi connectivity index (χ1) is 5.88. The Balaban J connectivity index is 4.27. The van der Waals surface area contributed by atoms with Crippen molar-refractivity contribution in [3.05, 3.63) is 10.4 Å². The molecule has 0 aromatic heterocycles. The number of rotatable bonds is 3. The Kier molecular flexibility index (Phi) is 3.86. The summed E-state index contributed by atoms with van der Waals surface area (Å²) in [6.45, 7) is -0.983. The second-order valence-corrected chi connectivity index (χ2v) is 1.95. The van der Waals surface area contributed by atoms with Crippen LogP contribution in [0.2, 0.25) is 0 Å². The molecule has 0 bridgehead atoms. The smallest absolute Gasteiger partial charge is 0.404 e. The van der Waals surface area contributed by atoms with Gasteiger partial charge in [-0.2, -0.15) is 13.2 Å². The van der Waals surface area contributed by atoms with E-state index in [0.717, 1.165) is 0 Å². The number of hydrogen-bond donors (Lipinski definition) is 2. The maximum atomic E-state index is 11.9. The van der Waals surface area contributed by atoms with E-state index >= 15 is 0 Å². The van der Waals surface area contributed by atoms with Gasteiger partial charge in [0, 0.05) is 11.5 Å². The van der Waals surface area contributed by atoms with Crippen LogP contribution in [0.3, 0.4) is 0 Å². The fourth-order valence-corrected chi connectivity index (χ4v) is 0.468. The molecule has 1 atom stereocenters. The summed E-state index contributed by atoms with van der Waals surface area (Å²) in [5, 5.41) is 11.8. The van der Waals surface area contributed by atoms with Gasteiger partial charge in [0.1, 0.15) is 0 Å². The van der Waals surface area contributed by atoms with Gasteiger partial charge in [-0.25, -0.2) is 4.79 Å². The van der Waals surface area contributed by atoms with E-state index in [0.29, 0.717) is 0 Å². The number of amides is 1. The van der Waals surface area contributed by atoms with E-state index in [1.807, 2.05) is 4.91 Å². The number of carboxylic acid groups (broad SMARTS) is 1. The van der Waals surface area contributed by atoms with Crippen molar-refractivity contribution < 1.29 is 23.1 Å². The lowest BCUT2D eigenvalue weighted by Gasteiger charge is -2.13. The van der Waals surface area contributed by atoms with Crippen molar-refractivity contribution in [3.63, 3.8) is 0 Å². The molecule has 0 radical (unpaired) electrons.